The highest BCUT2D eigenvalue weighted by Gasteiger charge is 2.25. The van der Waals surface area contributed by atoms with E-state index in [1.165, 1.54) is 6.07 Å². The van der Waals surface area contributed by atoms with E-state index in [1.54, 1.807) is 26.8 Å². The van der Waals surface area contributed by atoms with Crippen molar-refractivity contribution in [2.24, 2.45) is 0 Å². The van der Waals surface area contributed by atoms with E-state index >= 15 is 0 Å². The lowest BCUT2D eigenvalue weighted by atomic mass is 10.1. The number of hydrogen-bond acceptors (Lipinski definition) is 3. The van der Waals surface area contributed by atoms with Crippen molar-refractivity contribution in [2.45, 2.75) is 26.3 Å². The molecule has 0 aromatic heterocycles. The van der Waals surface area contributed by atoms with Crippen LogP contribution in [-0.2, 0) is 11.3 Å². The van der Waals surface area contributed by atoms with Crippen LogP contribution in [-0.4, -0.2) is 14.3 Å². The summed E-state index contributed by atoms with van der Waals surface area (Å²) in [5, 5.41) is 8.89. The molecule has 0 radical (unpaired) electrons. The predicted octanol–water partition coefficient (Wildman–Crippen LogP) is 2.10. The molecule has 0 amide bonds. The summed E-state index contributed by atoms with van der Waals surface area (Å²) in [4.78, 5) is 0. The summed E-state index contributed by atoms with van der Waals surface area (Å²) >= 11 is -2.53. The largest absolute Gasteiger partial charge is 0.755 e. The highest BCUT2D eigenvalue weighted by molar-refractivity contribution is 7.80. The number of rotatable bonds is 2. The summed E-state index contributed by atoms with van der Waals surface area (Å²) in [5.41, 5.74) is -0.561. The molecule has 6 heteroatoms. The fourth-order valence-corrected chi connectivity index (χ4v) is 2.21. The van der Waals surface area contributed by atoms with Gasteiger partial charge in [0.15, 0.2) is 0 Å². The summed E-state index contributed by atoms with van der Waals surface area (Å²) in [6.07, 6.45) is 0. The van der Waals surface area contributed by atoms with E-state index in [1.807, 2.05) is 0 Å². The second kappa shape index (κ2) is 4.82. The van der Waals surface area contributed by atoms with E-state index < -0.39 is 22.6 Å². The van der Waals surface area contributed by atoms with Crippen molar-refractivity contribution in [3.8, 4) is 6.07 Å². The van der Waals surface area contributed by atoms with Crippen molar-refractivity contribution in [3.05, 3.63) is 29.6 Å². The molecule has 0 N–H and O–H groups in total. The maximum Gasteiger partial charge on any atom is 0.124 e. The van der Waals surface area contributed by atoms with Crippen molar-refractivity contribution >= 4 is 17.0 Å². The molecule has 0 heterocycles. The van der Waals surface area contributed by atoms with Gasteiger partial charge in [-0.25, -0.2) is 4.39 Å². The third-order valence-corrected chi connectivity index (χ3v) is 3.10. The third-order valence-electron chi connectivity index (χ3n) is 2.06. The van der Waals surface area contributed by atoms with E-state index in [4.69, 9.17) is 5.26 Å². The van der Waals surface area contributed by atoms with Crippen molar-refractivity contribution in [3.63, 3.8) is 0 Å². The van der Waals surface area contributed by atoms with Gasteiger partial charge in [-0.1, -0.05) is 0 Å². The van der Waals surface area contributed by atoms with Gasteiger partial charge >= 0.3 is 0 Å². The van der Waals surface area contributed by atoms with Gasteiger partial charge in [0.05, 0.1) is 11.3 Å². The monoisotopic (exact) mass is 255 g/mol. The highest BCUT2D eigenvalue weighted by Crippen LogP contribution is 2.28. The maximum absolute atomic E-state index is 13.0. The van der Waals surface area contributed by atoms with Gasteiger partial charge in [-0.05, 0) is 39.0 Å². The Balaban J connectivity index is 3.40. The van der Waals surface area contributed by atoms with E-state index in [0.29, 0.717) is 0 Å². The Hall–Kier alpha value is -1.45. The van der Waals surface area contributed by atoms with Gasteiger partial charge in [-0.2, -0.15) is 5.26 Å². The number of anilines is 1. The van der Waals surface area contributed by atoms with Gasteiger partial charge in [-0.15, -0.1) is 0 Å². The third kappa shape index (κ3) is 3.02. The number of benzene rings is 1. The maximum atomic E-state index is 13.0. The van der Waals surface area contributed by atoms with Gasteiger partial charge in [-0.3, -0.25) is 8.51 Å². The summed E-state index contributed by atoms with van der Waals surface area (Å²) in [6, 6.07) is 5.22. The van der Waals surface area contributed by atoms with Crippen LogP contribution in [0.1, 0.15) is 26.3 Å². The van der Waals surface area contributed by atoms with Crippen molar-refractivity contribution in [1.29, 1.82) is 5.26 Å². The van der Waals surface area contributed by atoms with Gasteiger partial charge in [0.25, 0.3) is 0 Å². The average molecular weight is 255 g/mol. The highest BCUT2D eigenvalue weighted by atomic mass is 32.2. The number of halogens is 1. The smallest absolute Gasteiger partial charge is 0.124 e. The zero-order valence-electron chi connectivity index (χ0n) is 9.73. The van der Waals surface area contributed by atoms with Crippen molar-refractivity contribution in [2.75, 3.05) is 4.31 Å². The fourth-order valence-electron chi connectivity index (χ4n) is 1.44. The molecule has 0 saturated carbocycles. The topological polar surface area (TPSA) is 67.2 Å². The first-order valence-electron chi connectivity index (χ1n) is 4.86. The summed E-state index contributed by atoms with van der Waals surface area (Å²) in [5.74, 6) is -0.573. The first-order valence-corrected chi connectivity index (χ1v) is 5.90. The standard InChI is InChI=1S/C11H13FN2O2S/c1-11(2,3)14(17(15)16)10-5-4-9(12)6-8(10)7-13/h4-6H,1-3H3,(H,15,16)/p-1. The molecule has 1 rings (SSSR count). The van der Waals surface area contributed by atoms with E-state index in [9.17, 15) is 13.2 Å². The molecule has 0 spiro atoms. The number of hydrogen-bond donors (Lipinski definition) is 0. The molecule has 4 nitrogen and oxygen atoms in total. The Bertz CT molecular complexity index is 491. The Morgan fingerprint density at radius 3 is 2.47 bits per heavy atom. The normalized spacial score (nSPS) is 12.9. The van der Waals surface area contributed by atoms with Crippen LogP contribution in [0.25, 0.3) is 0 Å². The predicted molar refractivity (Wildman–Crippen MR) is 62.3 cm³/mol. The minimum atomic E-state index is -2.53. The van der Waals surface area contributed by atoms with Gasteiger partial charge in [0.1, 0.15) is 11.9 Å². The van der Waals surface area contributed by atoms with Crippen LogP contribution in [0.2, 0.25) is 0 Å². The van der Waals surface area contributed by atoms with E-state index in [-0.39, 0.29) is 11.3 Å². The first kappa shape index (κ1) is 13.6. The average Bonchev–Trinajstić information content (AvgIpc) is 2.17. The molecule has 0 saturated heterocycles. The van der Waals surface area contributed by atoms with Gasteiger partial charge < -0.3 is 4.55 Å². The fraction of sp³-hybridized carbons (Fsp3) is 0.364. The molecular formula is C11H12FN2O2S-. The molecule has 92 valence electrons. The SMILES string of the molecule is CC(C)(C)N(c1ccc(F)cc1C#N)S(=O)[O-]. The molecular weight excluding hydrogens is 243 g/mol. The van der Waals surface area contributed by atoms with Crippen molar-refractivity contribution in [1.82, 2.24) is 0 Å². The lowest BCUT2D eigenvalue weighted by Crippen LogP contribution is -2.43. The zero-order valence-corrected chi connectivity index (χ0v) is 10.5. The second-order valence-electron chi connectivity index (χ2n) is 4.46. The van der Waals surface area contributed by atoms with Crippen molar-refractivity contribution < 1.29 is 13.2 Å². The lowest BCUT2D eigenvalue weighted by molar-refractivity contribution is 0.497. The van der Waals surface area contributed by atoms with Gasteiger partial charge in [0, 0.05) is 16.8 Å². The minimum Gasteiger partial charge on any atom is -0.755 e. The number of nitriles is 1. The molecule has 0 aliphatic rings. The van der Waals surface area contributed by atoms with Crippen LogP contribution in [0.5, 0.6) is 0 Å². The van der Waals surface area contributed by atoms with Crippen LogP contribution < -0.4 is 4.31 Å². The van der Waals surface area contributed by atoms with Gasteiger partial charge in [0.2, 0.25) is 0 Å². The van der Waals surface area contributed by atoms with Crippen LogP contribution in [0, 0.1) is 17.1 Å². The van der Waals surface area contributed by atoms with Crippen LogP contribution in [0.4, 0.5) is 10.1 Å². The van der Waals surface area contributed by atoms with Crippen LogP contribution in [0.3, 0.4) is 0 Å². The Morgan fingerprint density at radius 2 is 2.06 bits per heavy atom. The molecule has 17 heavy (non-hydrogen) atoms. The second-order valence-corrected chi connectivity index (χ2v) is 5.25. The summed E-state index contributed by atoms with van der Waals surface area (Å²) in [6.45, 7) is 5.06. The summed E-state index contributed by atoms with van der Waals surface area (Å²) < 4.78 is 36.5. The molecule has 1 atom stereocenters. The van der Waals surface area contributed by atoms with E-state index in [2.05, 4.69) is 0 Å². The Morgan fingerprint density at radius 1 is 1.47 bits per heavy atom. The molecule has 1 aromatic carbocycles. The van der Waals surface area contributed by atoms with E-state index in [0.717, 1.165) is 16.4 Å². The van der Waals surface area contributed by atoms with Crippen LogP contribution >= 0.6 is 0 Å². The quantitative estimate of drug-likeness (QED) is 0.760. The minimum absolute atomic E-state index is 0.0101. The molecule has 0 bridgehead atoms. The molecule has 0 fully saturated rings. The first-order chi connectivity index (χ1) is 7.77. The Labute approximate surface area is 102 Å². The van der Waals surface area contributed by atoms with Crippen LogP contribution in [0.15, 0.2) is 18.2 Å². The number of nitrogens with zero attached hydrogens (tertiary/aromatic N) is 2. The lowest BCUT2D eigenvalue weighted by Gasteiger charge is -2.38. The zero-order chi connectivity index (χ0) is 13.2. The molecule has 0 aliphatic heterocycles. The summed E-state index contributed by atoms with van der Waals surface area (Å²) in [7, 11) is 0. The molecule has 1 aromatic rings. The molecule has 0 aliphatic carbocycles. The molecule has 1 unspecified atom stereocenters. The Kier molecular flexibility index (Phi) is 3.86.